The van der Waals surface area contributed by atoms with Crippen LogP contribution < -0.4 is 11.1 Å². The molecule has 3 fully saturated rings. The van der Waals surface area contributed by atoms with Crippen LogP contribution in [-0.4, -0.2) is 63.8 Å². The van der Waals surface area contributed by atoms with Crippen LogP contribution in [0.4, 0.5) is 4.79 Å². The molecule has 0 spiro atoms. The van der Waals surface area contributed by atoms with Crippen molar-refractivity contribution in [3.63, 3.8) is 0 Å². The minimum absolute atomic E-state index is 0. The van der Waals surface area contributed by atoms with E-state index in [1.165, 1.54) is 4.90 Å². The summed E-state index contributed by atoms with van der Waals surface area (Å²) in [7, 11) is -5.03. The van der Waals surface area contributed by atoms with Gasteiger partial charge in [0.15, 0.2) is 5.96 Å². The molecule has 2 amide bonds. The first kappa shape index (κ1) is 17.9. The molecule has 1 aromatic heterocycles. The lowest BCUT2D eigenvalue weighted by molar-refractivity contribution is -0.0328. The highest BCUT2D eigenvalue weighted by atomic mass is 32.3. The third-order valence-corrected chi connectivity index (χ3v) is 5.43. The summed E-state index contributed by atoms with van der Waals surface area (Å²) in [4.78, 5) is 13.8. The van der Waals surface area contributed by atoms with E-state index in [9.17, 15) is 17.8 Å². The minimum atomic E-state index is -5.03. The largest absolute Gasteiger partial charge is 1.00 e. The second kappa shape index (κ2) is 6.31. The van der Waals surface area contributed by atoms with Crippen molar-refractivity contribution in [2.24, 2.45) is 5.73 Å². The number of nitrogens with one attached hydrogen (secondary N) is 2. The number of nitrogens with zero attached hydrogens (tertiary/aromatic N) is 4. The van der Waals surface area contributed by atoms with Gasteiger partial charge in [0.1, 0.15) is 6.04 Å². The molecule has 2 saturated heterocycles. The molecule has 4 rings (SSSR count). The molecule has 4 N–H and O–H groups in total. The summed E-state index contributed by atoms with van der Waals surface area (Å²) < 4.78 is 42.5. The molecule has 27 heavy (non-hydrogen) atoms. The fourth-order valence-electron chi connectivity index (χ4n) is 3.79. The molecule has 14 heteroatoms. The lowest BCUT2D eigenvalue weighted by Gasteiger charge is -2.33. The molecule has 148 valence electrons. The fraction of sp³-hybridized carbons (Fsp3) is 0.692. The molecule has 3 aliphatic rings. The SMILES string of the molecule is N=C(N)NC1CC(c2nnc(C3CCC4CN3C(=O)N4OS(=O)(=O)[O-])o2)C1.[H+]. The number of piperidine rings is 1. The topological polar surface area (TPSA) is 191 Å². The average molecular weight is 401 g/mol. The normalized spacial score (nSPS) is 30.3. The Morgan fingerprint density at radius 2 is 2.07 bits per heavy atom. The maximum atomic E-state index is 12.4. The van der Waals surface area contributed by atoms with Gasteiger partial charge in [-0.05, 0) is 25.7 Å². The van der Waals surface area contributed by atoms with Crippen LogP contribution in [0.25, 0.3) is 0 Å². The van der Waals surface area contributed by atoms with Gasteiger partial charge in [0.05, 0.1) is 6.04 Å². The van der Waals surface area contributed by atoms with Crippen LogP contribution in [0.15, 0.2) is 4.42 Å². The number of carbonyl (C=O) groups is 1. The Kier molecular flexibility index (Phi) is 4.20. The number of hydroxylamine groups is 2. The first-order valence-corrected chi connectivity index (χ1v) is 9.73. The highest BCUT2D eigenvalue weighted by Crippen LogP contribution is 2.40. The standard InChI is InChI=1S/C13H19N7O6S/c14-12(15)16-7-3-6(4-7)10-17-18-11(25-10)9-2-1-8-5-19(9)13(21)20(8)26-27(22,23)24/h6-9H,1-5H2,(H4,14,15,16)(H,22,23,24). The number of amides is 2. The maximum Gasteiger partial charge on any atom is 1.00 e. The number of fused-ring (bicyclic) bond motifs is 2. The van der Waals surface area contributed by atoms with Gasteiger partial charge in [-0.2, -0.15) is 9.35 Å². The van der Waals surface area contributed by atoms with Crippen LogP contribution in [0, 0.1) is 5.41 Å². The summed E-state index contributed by atoms with van der Waals surface area (Å²) >= 11 is 0. The number of nitrogens with two attached hydrogens (primary N) is 1. The molecule has 0 aromatic carbocycles. The Morgan fingerprint density at radius 1 is 1.37 bits per heavy atom. The monoisotopic (exact) mass is 401 g/mol. The molecule has 1 saturated carbocycles. The second-order valence-corrected chi connectivity index (χ2v) is 7.86. The molecule has 0 radical (unpaired) electrons. The third kappa shape index (κ3) is 3.42. The number of hydrogen-bond acceptors (Lipinski definition) is 9. The number of guanidine groups is 1. The highest BCUT2D eigenvalue weighted by molar-refractivity contribution is 7.80. The zero-order chi connectivity index (χ0) is 19.3. The molecule has 2 unspecified atom stereocenters. The zero-order valence-corrected chi connectivity index (χ0v) is 14.9. The van der Waals surface area contributed by atoms with Crippen LogP contribution in [0.1, 0.15) is 50.9 Å². The van der Waals surface area contributed by atoms with Crippen LogP contribution >= 0.6 is 0 Å². The molecular formula is C13H19N7O6S. The quantitative estimate of drug-likeness (QED) is 0.244. The molecule has 3 heterocycles. The van der Waals surface area contributed by atoms with E-state index in [1.54, 1.807) is 0 Å². The van der Waals surface area contributed by atoms with Crippen LogP contribution in [-0.2, 0) is 14.7 Å². The van der Waals surface area contributed by atoms with Crippen molar-refractivity contribution >= 4 is 22.4 Å². The van der Waals surface area contributed by atoms with Crippen LogP contribution in [0.5, 0.6) is 0 Å². The van der Waals surface area contributed by atoms with Gasteiger partial charge in [0, 0.05) is 18.5 Å². The van der Waals surface area contributed by atoms with E-state index >= 15 is 0 Å². The molecule has 2 atom stereocenters. The van der Waals surface area contributed by atoms with Crippen molar-refractivity contribution in [2.45, 2.75) is 49.7 Å². The Morgan fingerprint density at radius 3 is 2.74 bits per heavy atom. The first-order valence-electron chi connectivity index (χ1n) is 8.40. The summed E-state index contributed by atoms with van der Waals surface area (Å²) in [6.07, 6.45) is 2.34. The number of urea groups is 1. The summed E-state index contributed by atoms with van der Waals surface area (Å²) in [6.45, 7) is 0.213. The molecule has 1 aromatic rings. The fourth-order valence-corrected chi connectivity index (χ4v) is 4.17. The lowest BCUT2D eigenvalue weighted by atomic mass is 9.80. The zero-order valence-electron chi connectivity index (χ0n) is 15.1. The molecule has 1 aliphatic carbocycles. The Hall–Kier alpha value is -2.45. The van der Waals surface area contributed by atoms with Gasteiger partial charge in [-0.1, -0.05) is 0 Å². The predicted octanol–water partition coefficient (Wildman–Crippen LogP) is -0.756. The van der Waals surface area contributed by atoms with Crippen molar-refractivity contribution in [1.82, 2.24) is 25.5 Å². The van der Waals surface area contributed by atoms with Crippen molar-refractivity contribution in [3.05, 3.63) is 11.8 Å². The van der Waals surface area contributed by atoms with E-state index in [0.29, 0.717) is 36.6 Å². The summed E-state index contributed by atoms with van der Waals surface area (Å²) in [6, 6.07) is -1.62. The third-order valence-electron chi connectivity index (χ3n) is 5.08. The van der Waals surface area contributed by atoms with Crippen molar-refractivity contribution in [3.8, 4) is 0 Å². The summed E-state index contributed by atoms with van der Waals surface area (Å²) in [5.74, 6) is 0.696. The van der Waals surface area contributed by atoms with Crippen LogP contribution in [0.3, 0.4) is 0 Å². The van der Waals surface area contributed by atoms with E-state index < -0.39 is 28.5 Å². The van der Waals surface area contributed by atoms with Gasteiger partial charge in [-0.15, -0.1) is 10.2 Å². The molecular weight excluding hydrogens is 382 g/mol. The minimum Gasteiger partial charge on any atom is -0.724 e. The lowest BCUT2D eigenvalue weighted by Crippen LogP contribution is -2.46. The van der Waals surface area contributed by atoms with Gasteiger partial charge >= 0.3 is 7.46 Å². The molecule has 13 nitrogen and oxygen atoms in total. The molecule has 2 bridgehead atoms. The van der Waals surface area contributed by atoms with E-state index in [1.807, 2.05) is 0 Å². The van der Waals surface area contributed by atoms with E-state index in [4.69, 9.17) is 15.6 Å². The second-order valence-electron chi connectivity index (χ2n) is 6.89. The number of hydrogen-bond donors (Lipinski definition) is 3. The van der Waals surface area contributed by atoms with Crippen molar-refractivity contribution in [1.29, 1.82) is 5.41 Å². The first-order chi connectivity index (χ1) is 12.7. The smallest absolute Gasteiger partial charge is 0.724 e. The summed E-state index contributed by atoms with van der Waals surface area (Å²) in [5, 5.41) is 18.8. The van der Waals surface area contributed by atoms with E-state index in [-0.39, 0.29) is 31.8 Å². The van der Waals surface area contributed by atoms with Gasteiger partial charge < -0.3 is 24.9 Å². The van der Waals surface area contributed by atoms with Gasteiger partial charge in [0.2, 0.25) is 22.2 Å². The Bertz CT molecular complexity index is 872. The summed E-state index contributed by atoms with van der Waals surface area (Å²) in [5.41, 5.74) is 5.30. The number of rotatable bonds is 5. The number of carbonyl (C=O) groups excluding carboxylic acids is 1. The van der Waals surface area contributed by atoms with Gasteiger partial charge in [0.25, 0.3) is 0 Å². The predicted molar refractivity (Wildman–Crippen MR) is 86.7 cm³/mol. The molecule has 2 aliphatic heterocycles. The highest BCUT2D eigenvalue weighted by Gasteiger charge is 2.48. The van der Waals surface area contributed by atoms with E-state index in [0.717, 1.165) is 0 Å². The Labute approximate surface area is 155 Å². The van der Waals surface area contributed by atoms with Crippen LogP contribution in [0.2, 0.25) is 0 Å². The number of aromatic nitrogens is 2. The van der Waals surface area contributed by atoms with E-state index in [2.05, 4.69) is 19.8 Å². The van der Waals surface area contributed by atoms with Crippen molar-refractivity contribution in [2.75, 3.05) is 6.54 Å². The average Bonchev–Trinajstić information content (AvgIpc) is 3.10. The van der Waals surface area contributed by atoms with Crippen molar-refractivity contribution < 1.29 is 27.9 Å². The maximum absolute atomic E-state index is 12.4. The Balaban J connectivity index is 0.00000225. The van der Waals surface area contributed by atoms with Gasteiger partial charge in [-0.25, -0.2) is 13.2 Å². The van der Waals surface area contributed by atoms with Gasteiger partial charge in [-0.3, -0.25) is 5.41 Å².